The maximum atomic E-state index is 12.2. The van der Waals surface area contributed by atoms with Crippen LogP contribution in [-0.4, -0.2) is 15.5 Å². The lowest BCUT2D eigenvalue weighted by molar-refractivity contribution is 0.102. The van der Waals surface area contributed by atoms with Crippen molar-refractivity contribution in [3.8, 4) is 0 Å². The van der Waals surface area contributed by atoms with E-state index in [1.165, 1.54) is 0 Å². The molecule has 3 aromatic rings. The van der Waals surface area contributed by atoms with Gasteiger partial charge in [-0.3, -0.25) is 4.79 Å². The lowest BCUT2D eigenvalue weighted by Crippen LogP contribution is -2.12. The van der Waals surface area contributed by atoms with Crippen LogP contribution in [0.4, 0.5) is 5.69 Å². The highest BCUT2D eigenvalue weighted by atomic mass is 35.5. The number of hydrogen-bond acceptors (Lipinski definition) is 2. The average Bonchev–Trinajstić information content (AvgIpc) is 3.03. The zero-order valence-corrected chi connectivity index (χ0v) is 12.5. The zero-order valence-electron chi connectivity index (χ0n) is 11.7. The van der Waals surface area contributed by atoms with Crippen LogP contribution in [0.2, 0.25) is 5.02 Å². The van der Waals surface area contributed by atoms with Crippen LogP contribution in [0.5, 0.6) is 0 Å². The molecule has 0 unspecified atom stereocenters. The number of rotatable bonds is 4. The molecular weight excluding hydrogens is 298 g/mol. The highest BCUT2D eigenvalue weighted by molar-refractivity contribution is 6.33. The van der Waals surface area contributed by atoms with Crippen LogP contribution in [0, 0.1) is 0 Å². The molecule has 1 heterocycles. The van der Waals surface area contributed by atoms with Crippen molar-refractivity contribution in [1.82, 2.24) is 9.55 Å². The summed E-state index contributed by atoms with van der Waals surface area (Å²) in [7, 11) is 0. The number of para-hydroxylation sites is 1. The third kappa shape index (κ3) is 3.35. The van der Waals surface area contributed by atoms with Crippen LogP contribution >= 0.6 is 11.6 Å². The van der Waals surface area contributed by atoms with Gasteiger partial charge in [0, 0.05) is 24.5 Å². The van der Waals surface area contributed by atoms with Gasteiger partial charge in [-0.05, 0) is 29.8 Å². The first-order valence-electron chi connectivity index (χ1n) is 6.83. The van der Waals surface area contributed by atoms with Gasteiger partial charge < -0.3 is 9.88 Å². The molecule has 4 nitrogen and oxygen atoms in total. The van der Waals surface area contributed by atoms with E-state index in [4.69, 9.17) is 11.6 Å². The molecule has 0 aliphatic rings. The Morgan fingerprint density at radius 2 is 1.91 bits per heavy atom. The summed E-state index contributed by atoms with van der Waals surface area (Å²) in [5, 5.41) is 3.33. The molecule has 0 saturated carbocycles. The molecular formula is C17H14ClN3O. The molecule has 1 N–H and O–H groups in total. The summed E-state index contributed by atoms with van der Waals surface area (Å²) in [5.74, 6) is -0.178. The summed E-state index contributed by atoms with van der Waals surface area (Å²) in [6.07, 6.45) is 5.40. The molecule has 2 aromatic carbocycles. The van der Waals surface area contributed by atoms with E-state index >= 15 is 0 Å². The van der Waals surface area contributed by atoms with Gasteiger partial charge in [-0.15, -0.1) is 0 Å². The van der Waals surface area contributed by atoms with E-state index in [9.17, 15) is 4.79 Å². The van der Waals surface area contributed by atoms with Crippen molar-refractivity contribution in [2.24, 2.45) is 0 Å². The summed E-state index contributed by atoms with van der Waals surface area (Å²) < 4.78 is 1.97. The van der Waals surface area contributed by atoms with E-state index in [0.717, 1.165) is 12.1 Å². The van der Waals surface area contributed by atoms with Gasteiger partial charge >= 0.3 is 0 Å². The minimum absolute atomic E-state index is 0.178. The van der Waals surface area contributed by atoms with Gasteiger partial charge in [-0.1, -0.05) is 35.9 Å². The molecule has 5 heteroatoms. The van der Waals surface area contributed by atoms with Crippen molar-refractivity contribution < 1.29 is 4.79 Å². The molecule has 0 spiro atoms. The smallest absolute Gasteiger partial charge is 0.255 e. The average molecular weight is 312 g/mol. The van der Waals surface area contributed by atoms with Crippen LogP contribution in [0.15, 0.2) is 67.3 Å². The number of aromatic nitrogens is 2. The summed E-state index contributed by atoms with van der Waals surface area (Å²) in [4.78, 5) is 16.2. The van der Waals surface area contributed by atoms with E-state index < -0.39 is 0 Å². The maximum absolute atomic E-state index is 12.2. The largest absolute Gasteiger partial charge is 0.333 e. The third-order valence-electron chi connectivity index (χ3n) is 3.26. The summed E-state index contributed by atoms with van der Waals surface area (Å²) >= 11 is 6.04. The first kappa shape index (κ1) is 14.4. The van der Waals surface area contributed by atoms with E-state index in [-0.39, 0.29) is 5.91 Å². The minimum atomic E-state index is -0.178. The van der Waals surface area contributed by atoms with Crippen molar-refractivity contribution in [1.29, 1.82) is 0 Å². The fourth-order valence-corrected chi connectivity index (χ4v) is 2.29. The first-order chi connectivity index (χ1) is 10.7. The molecule has 0 fully saturated rings. The third-order valence-corrected chi connectivity index (χ3v) is 3.59. The highest BCUT2D eigenvalue weighted by Crippen LogP contribution is 2.21. The van der Waals surface area contributed by atoms with Crippen molar-refractivity contribution in [2.45, 2.75) is 6.54 Å². The molecule has 1 aromatic heterocycles. The number of hydrogen-bond donors (Lipinski definition) is 1. The standard InChI is InChI=1S/C17H14ClN3O/c18-15-3-1-2-4-16(15)20-17(22)14-7-5-13(6-8-14)11-21-10-9-19-12-21/h1-10,12H,11H2,(H,20,22). The van der Waals surface area contributed by atoms with Crippen molar-refractivity contribution in [3.63, 3.8) is 0 Å². The number of carbonyl (C=O) groups excluding carboxylic acids is 1. The number of imidazole rings is 1. The van der Waals surface area contributed by atoms with Gasteiger partial charge in [-0.2, -0.15) is 0 Å². The molecule has 22 heavy (non-hydrogen) atoms. The predicted octanol–water partition coefficient (Wildman–Crippen LogP) is 3.84. The number of benzene rings is 2. The normalized spacial score (nSPS) is 10.4. The molecule has 0 saturated heterocycles. The van der Waals surface area contributed by atoms with E-state index in [0.29, 0.717) is 16.3 Å². The zero-order chi connectivity index (χ0) is 15.4. The summed E-state index contributed by atoms with van der Waals surface area (Å²) in [6, 6.07) is 14.6. The molecule has 110 valence electrons. The molecule has 0 radical (unpaired) electrons. The van der Waals surface area contributed by atoms with Crippen molar-refractivity contribution in [3.05, 3.63) is 83.4 Å². The van der Waals surface area contributed by atoms with Crippen molar-refractivity contribution in [2.75, 3.05) is 5.32 Å². The van der Waals surface area contributed by atoms with Crippen molar-refractivity contribution >= 4 is 23.2 Å². The van der Waals surface area contributed by atoms with Gasteiger partial charge in [0.05, 0.1) is 17.0 Å². The quantitative estimate of drug-likeness (QED) is 0.796. The lowest BCUT2D eigenvalue weighted by Gasteiger charge is -2.08. The van der Waals surface area contributed by atoms with Gasteiger partial charge in [0.1, 0.15) is 0 Å². The maximum Gasteiger partial charge on any atom is 0.255 e. The molecule has 3 rings (SSSR count). The van der Waals surface area contributed by atoms with Crippen LogP contribution < -0.4 is 5.32 Å². The number of nitrogens with one attached hydrogen (secondary N) is 1. The van der Waals surface area contributed by atoms with Crippen LogP contribution in [0.3, 0.4) is 0 Å². The second kappa shape index (κ2) is 6.45. The van der Waals surface area contributed by atoms with Gasteiger partial charge in [0.15, 0.2) is 0 Å². The Labute approximate surface area is 133 Å². The summed E-state index contributed by atoms with van der Waals surface area (Å²) in [6.45, 7) is 0.729. The number of amides is 1. The summed E-state index contributed by atoms with van der Waals surface area (Å²) in [5.41, 5.74) is 2.30. The van der Waals surface area contributed by atoms with Gasteiger partial charge in [0.25, 0.3) is 5.91 Å². The Morgan fingerprint density at radius 1 is 1.14 bits per heavy atom. The van der Waals surface area contributed by atoms with Crippen LogP contribution in [0.1, 0.15) is 15.9 Å². The first-order valence-corrected chi connectivity index (χ1v) is 7.21. The molecule has 0 aliphatic heterocycles. The topological polar surface area (TPSA) is 46.9 Å². The Kier molecular flexibility index (Phi) is 4.21. The minimum Gasteiger partial charge on any atom is -0.333 e. The Balaban J connectivity index is 1.70. The molecule has 0 bridgehead atoms. The monoisotopic (exact) mass is 311 g/mol. The molecule has 0 aliphatic carbocycles. The van der Waals surface area contributed by atoms with Gasteiger partial charge in [-0.25, -0.2) is 4.98 Å². The second-order valence-corrected chi connectivity index (χ2v) is 5.27. The number of nitrogens with zero attached hydrogens (tertiary/aromatic N) is 2. The molecule has 0 atom stereocenters. The van der Waals surface area contributed by atoms with Crippen LogP contribution in [0.25, 0.3) is 0 Å². The second-order valence-electron chi connectivity index (χ2n) is 4.87. The van der Waals surface area contributed by atoms with E-state index in [1.54, 1.807) is 36.8 Å². The Hall–Kier alpha value is -2.59. The SMILES string of the molecule is O=C(Nc1ccccc1Cl)c1ccc(Cn2ccnc2)cc1. The van der Waals surface area contributed by atoms with Gasteiger partial charge in [0.2, 0.25) is 0 Å². The fraction of sp³-hybridized carbons (Fsp3) is 0.0588. The van der Waals surface area contributed by atoms with Crippen LogP contribution in [-0.2, 0) is 6.54 Å². The number of anilines is 1. The molecule has 1 amide bonds. The van der Waals surface area contributed by atoms with E-state index in [1.807, 2.05) is 35.0 Å². The van der Waals surface area contributed by atoms with E-state index in [2.05, 4.69) is 10.3 Å². The Bertz CT molecular complexity index is 767. The predicted molar refractivity (Wildman–Crippen MR) is 87.2 cm³/mol. The Morgan fingerprint density at radius 3 is 2.59 bits per heavy atom. The highest BCUT2D eigenvalue weighted by Gasteiger charge is 2.08. The number of halogens is 1. The fourth-order valence-electron chi connectivity index (χ4n) is 2.11. The lowest BCUT2D eigenvalue weighted by atomic mass is 10.1. The number of carbonyl (C=O) groups is 1.